The first-order valence-corrected chi connectivity index (χ1v) is 8.77. The Labute approximate surface area is 153 Å². The molecule has 0 aliphatic carbocycles. The van der Waals surface area contributed by atoms with Gasteiger partial charge in [0.25, 0.3) is 0 Å². The Hall–Kier alpha value is -0.745. The fourth-order valence-electron chi connectivity index (χ4n) is 2.78. The van der Waals surface area contributed by atoms with Crippen molar-refractivity contribution in [3.05, 3.63) is 35.9 Å². The highest BCUT2D eigenvalue weighted by atomic mass is 127. The van der Waals surface area contributed by atoms with Gasteiger partial charge in [-0.3, -0.25) is 4.32 Å². The zero-order valence-electron chi connectivity index (χ0n) is 13.2. The van der Waals surface area contributed by atoms with Crippen molar-refractivity contribution < 1.29 is 32.7 Å². The van der Waals surface area contributed by atoms with Crippen LogP contribution >= 0.6 is 22.4 Å². The molecule has 0 N–H and O–H groups in total. The van der Waals surface area contributed by atoms with Crippen molar-refractivity contribution in [1.82, 2.24) is 0 Å². The summed E-state index contributed by atoms with van der Waals surface area (Å²) >= 11 is 1.51. The molecule has 3 rings (SSSR count). The lowest BCUT2D eigenvalue weighted by Gasteiger charge is -2.25. The average Bonchev–Trinajstić information content (AvgIpc) is 2.98. The zero-order valence-corrected chi connectivity index (χ0v) is 15.3. The van der Waals surface area contributed by atoms with Gasteiger partial charge in [-0.1, -0.05) is 40.6 Å². The van der Waals surface area contributed by atoms with Crippen molar-refractivity contribution in [2.45, 2.75) is 44.2 Å². The molecular formula is C15H17BFIO6. The Balaban J connectivity index is 1.63. The maximum atomic E-state index is 13.3. The fraction of sp³-hybridized carbons (Fsp3) is 0.533. The quantitative estimate of drug-likeness (QED) is 0.391. The third-order valence-corrected chi connectivity index (χ3v) is 4.03. The lowest BCUT2D eigenvalue weighted by molar-refractivity contribution is -0.217. The largest absolute Gasteiger partial charge is 0.571 e. The highest BCUT2D eigenvalue weighted by Gasteiger charge is 2.56. The monoisotopic (exact) mass is 450 g/mol. The molecule has 1 aromatic carbocycles. The molecular weight excluding hydrogens is 433 g/mol. The molecule has 0 aromatic heterocycles. The second-order valence-corrected chi connectivity index (χ2v) is 6.95. The number of rotatable bonds is 5. The number of esters is 1. The van der Waals surface area contributed by atoms with E-state index in [1.54, 1.807) is 44.2 Å². The summed E-state index contributed by atoms with van der Waals surface area (Å²) in [6.07, 6.45) is -2.65. The molecule has 2 aliphatic heterocycles. The van der Waals surface area contributed by atoms with E-state index in [9.17, 15) is 9.11 Å². The molecule has 0 amide bonds. The van der Waals surface area contributed by atoms with Gasteiger partial charge in [-0.2, -0.15) is 0 Å². The van der Waals surface area contributed by atoms with Gasteiger partial charge in [0.1, 0.15) is 24.9 Å². The summed E-state index contributed by atoms with van der Waals surface area (Å²) in [7, 11) is 0. The van der Waals surface area contributed by atoms with Crippen molar-refractivity contribution >= 4 is 33.4 Å². The van der Waals surface area contributed by atoms with Crippen LogP contribution in [0.15, 0.2) is 30.3 Å². The highest BCUT2D eigenvalue weighted by molar-refractivity contribution is 14.1. The van der Waals surface area contributed by atoms with E-state index in [1.807, 2.05) is 0 Å². The Bertz CT molecular complexity index is 587. The molecule has 2 fully saturated rings. The number of benzene rings is 1. The van der Waals surface area contributed by atoms with Gasteiger partial charge in [0.05, 0.1) is 5.56 Å². The average molecular weight is 450 g/mol. The van der Waals surface area contributed by atoms with E-state index in [2.05, 4.69) is 0 Å². The molecule has 2 heterocycles. The third kappa shape index (κ3) is 4.08. The van der Waals surface area contributed by atoms with E-state index in [0.29, 0.717) is 5.56 Å². The van der Waals surface area contributed by atoms with E-state index in [4.69, 9.17) is 23.6 Å². The molecule has 0 saturated carbocycles. The number of hydrogen-bond acceptors (Lipinski definition) is 6. The van der Waals surface area contributed by atoms with Gasteiger partial charge in [0, 0.05) is 0 Å². The van der Waals surface area contributed by atoms with Gasteiger partial charge >= 0.3 is 11.0 Å². The van der Waals surface area contributed by atoms with Gasteiger partial charge in [0.15, 0.2) is 12.1 Å². The van der Waals surface area contributed by atoms with Crippen LogP contribution in [0, 0.1) is 0 Å². The minimum Gasteiger partial charge on any atom is -0.459 e. The summed E-state index contributed by atoms with van der Waals surface area (Å²) in [6.45, 7) is 3.40. The minimum atomic E-state index is -1.53. The summed E-state index contributed by atoms with van der Waals surface area (Å²) in [6, 6.07) is 8.59. The summed E-state index contributed by atoms with van der Waals surface area (Å²) in [5.41, 5.74) is 0.430. The van der Waals surface area contributed by atoms with E-state index in [-0.39, 0.29) is 6.61 Å². The molecule has 24 heavy (non-hydrogen) atoms. The fourth-order valence-corrected chi connectivity index (χ4v) is 3.12. The number of fused-ring (bicyclic) bond motifs is 1. The SMILES string of the molecule is CC1(C)OC2OC(COC(=O)c3ccccc3)C(OB(F)I)C2O1. The number of hydrogen-bond donors (Lipinski definition) is 0. The Morgan fingerprint density at radius 3 is 2.71 bits per heavy atom. The molecule has 2 saturated heterocycles. The van der Waals surface area contributed by atoms with Crippen molar-refractivity contribution in [1.29, 1.82) is 0 Å². The van der Waals surface area contributed by atoms with Crippen molar-refractivity contribution in [3.63, 3.8) is 0 Å². The summed E-state index contributed by atoms with van der Waals surface area (Å²) in [5.74, 6) is -1.32. The number of carbonyl (C=O) groups excluding carboxylic acids is 1. The van der Waals surface area contributed by atoms with E-state index in [0.717, 1.165) is 0 Å². The zero-order chi connectivity index (χ0) is 17.3. The standard InChI is InChI=1S/C15H17BFIO6/c1-15(2)22-12-11(24-16(17)18)10(21-14(12)23-15)8-20-13(19)9-6-4-3-5-7-9/h3-7,10-12,14H,8H2,1-2H3. The predicted molar refractivity (Wildman–Crippen MR) is 91.2 cm³/mol. The molecule has 0 radical (unpaired) electrons. The van der Waals surface area contributed by atoms with Crippen LogP contribution in [0.1, 0.15) is 24.2 Å². The van der Waals surface area contributed by atoms with Gasteiger partial charge in [-0.15, -0.1) is 0 Å². The molecule has 1 aromatic rings. The normalized spacial score (nSPS) is 30.8. The van der Waals surface area contributed by atoms with Crippen LogP contribution in [0.3, 0.4) is 0 Å². The predicted octanol–water partition coefficient (Wildman–Crippen LogP) is 2.49. The summed E-state index contributed by atoms with van der Waals surface area (Å²) in [5, 5.41) is -1.53. The van der Waals surface area contributed by atoms with Crippen LogP contribution < -0.4 is 0 Å². The number of ether oxygens (including phenoxy) is 4. The Morgan fingerprint density at radius 2 is 2.04 bits per heavy atom. The maximum absolute atomic E-state index is 13.3. The number of halogens is 2. The van der Waals surface area contributed by atoms with Crippen LogP contribution in [0.2, 0.25) is 0 Å². The lowest BCUT2D eigenvalue weighted by atomic mass is 10.1. The number of carbonyl (C=O) groups is 1. The topological polar surface area (TPSA) is 63.2 Å². The Kier molecular flexibility index (Phi) is 5.45. The van der Waals surface area contributed by atoms with Crippen LogP contribution in [0.5, 0.6) is 0 Å². The van der Waals surface area contributed by atoms with Crippen molar-refractivity contribution in [2.24, 2.45) is 0 Å². The first-order chi connectivity index (χ1) is 11.4. The van der Waals surface area contributed by atoms with E-state index < -0.39 is 41.4 Å². The van der Waals surface area contributed by atoms with E-state index in [1.165, 1.54) is 22.4 Å². The molecule has 9 heteroatoms. The molecule has 0 bridgehead atoms. The highest BCUT2D eigenvalue weighted by Crippen LogP contribution is 2.39. The van der Waals surface area contributed by atoms with Crippen LogP contribution in [-0.4, -0.2) is 48.0 Å². The molecule has 0 spiro atoms. The minimum absolute atomic E-state index is 0.0814. The molecule has 6 nitrogen and oxygen atoms in total. The van der Waals surface area contributed by atoms with Crippen LogP contribution in [-0.2, 0) is 23.6 Å². The van der Waals surface area contributed by atoms with Gasteiger partial charge < -0.3 is 23.6 Å². The van der Waals surface area contributed by atoms with E-state index >= 15 is 0 Å². The van der Waals surface area contributed by atoms with Gasteiger partial charge in [-0.25, -0.2) is 4.79 Å². The third-order valence-electron chi connectivity index (χ3n) is 3.74. The first kappa shape index (κ1) is 18.1. The van der Waals surface area contributed by atoms with Crippen LogP contribution in [0.4, 0.5) is 4.32 Å². The molecule has 4 unspecified atom stereocenters. The molecule has 130 valence electrons. The van der Waals surface area contributed by atoms with Gasteiger partial charge in [0.2, 0.25) is 0 Å². The summed E-state index contributed by atoms with van der Waals surface area (Å²) < 4.78 is 40.9. The van der Waals surface area contributed by atoms with Crippen molar-refractivity contribution in [3.8, 4) is 0 Å². The lowest BCUT2D eigenvalue weighted by Crippen LogP contribution is -2.41. The van der Waals surface area contributed by atoms with Crippen molar-refractivity contribution in [2.75, 3.05) is 6.61 Å². The second kappa shape index (κ2) is 7.24. The summed E-state index contributed by atoms with van der Waals surface area (Å²) in [4.78, 5) is 12.0. The molecule has 4 atom stereocenters. The van der Waals surface area contributed by atoms with Crippen LogP contribution in [0.25, 0.3) is 0 Å². The maximum Gasteiger partial charge on any atom is 0.571 e. The Morgan fingerprint density at radius 1 is 1.33 bits per heavy atom. The smallest absolute Gasteiger partial charge is 0.459 e. The molecule has 2 aliphatic rings. The van der Waals surface area contributed by atoms with Gasteiger partial charge in [-0.05, 0) is 26.0 Å². The first-order valence-electron chi connectivity index (χ1n) is 7.52. The second-order valence-electron chi connectivity index (χ2n) is 5.97.